The van der Waals surface area contributed by atoms with E-state index < -0.39 is 67.4 Å². The molecular formula is C70H125NO10. The Labute approximate surface area is 496 Å². The van der Waals surface area contributed by atoms with E-state index in [1.165, 1.54) is 167 Å². The summed E-state index contributed by atoms with van der Waals surface area (Å²) in [5.41, 5.74) is 0. The van der Waals surface area contributed by atoms with Crippen LogP contribution in [0.5, 0.6) is 0 Å². The minimum atomic E-state index is -1.62. The maximum atomic E-state index is 13.4. The number of hydrogen-bond acceptors (Lipinski definition) is 10. The van der Waals surface area contributed by atoms with Gasteiger partial charge >= 0.3 is 5.97 Å². The number of esters is 1. The fraction of sp³-hybridized carbons (Fsp3) is 0.800. The molecule has 11 heteroatoms. The summed E-state index contributed by atoms with van der Waals surface area (Å²) in [5.74, 6) is -1.21. The van der Waals surface area contributed by atoms with Gasteiger partial charge in [-0.1, -0.05) is 267 Å². The Bertz CT molecular complexity index is 1590. The van der Waals surface area contributed by atoms with Crippen molar-refractivity contribution in [3.63, 3.8) is 0 Å². The van der Waals surface area contributed by atoms with Gasteiger partial charge in [-0.2, -0.15) is 0 Å². The van der Waals surface area contributed by atoms with Gasteiger partial charge in [0, 0.05) is 6.42 Å². The summed E-state index contributed by atoms with van der Waals surface area (Å²) in [6.07, 6.45) is 63.6. The van der Waals surface area contributed by atoms with E-state index >= 15 is 0 Å². The van der Waals surface area contributed by atoms with Crippen molar-refractivity contribution in [2.24, 2.45) is 0 Å². The van der Waals surface area contributed by atoms with Crippen LogP contribution in [0.15, 0.2) is 72.9 Å². The molecule has 8 atom stereocenters. The molecule has 0 aromatic heterocycles. The zero-order chi connectivity index (χ0) is 58.9. The number of amides is 1. The summed E-state index contributed by atoms with van der Waals surface area (Å²) in [6.45, 7) is 5.74. The number of carbonyl (C=O) groups excluding carboxylic acids is 2. The Morgan fingerprint density at radius 3 is 1.30 bits per heavy atom. The summed E-state index contributed by atoms with van der Waals surface area (Å²) in [4.78, 5) is 26.6. The molecule has 1 aliphatic rings. The third-order valence-corrected chi connectivity index (χ3v) is 15.6. The maximum Gasteiger partial charge on any atom is 0.306 e. The number of nitrogens with one attached hydrogen (secondary N) is 1. The van der Waals surface area contributed by atoms with Crippen molar-refractivity contribution in [2.75, 3.05) is 13.2 Å². The summed E-state index contributed by atoms with van der Waals surface area (Å²) in [7, 11) is 0. The smallest absolute Gasteiger partial charge is 0.306 e. The highest BCUT2D eigenvalue weighted by atomic mass is 16.7. The van der Waals surface area contributed by atoms with E-state index in [1.54, 1.807) is 6.08 Å². The lowest BCUT2D eigenvalue weighted by Crippen LogP contribution is -2.61. The van der Waals surface area contributed by atoms with Crippen molar-refractivity contribution in [1.29, 1.82) is 0 Å². The van der Waals surface area contributed by atoms with E-state index in [2.05, 4.69) is 86.8 Å². The summed E-state index contributed by atoms with van der Waals surface area (Å²) >= 11 is 0. The SMILES string of the molecule is CCCCC/C=C\C/C=C\C/C=C\CCCCCC(O)C(=O)NC(COC1OC(CO)C(O)C(O)C1OC(=O)CCCCCCCCCCCCCCC/C=C\C/C=C\CCCCC)C(O)/C=C/CCCCCCCCCCCCC. The zero-order valence-corrected chi connectivity index (χ0v) is 52.1. The van der Waals surface area contributed by atoms with Crippen LogP contribution in [0.25, 0.3) is 0 Å². The lowest BCUT2D eigenvalue weighted by atomic mass is 9.99. The normalized spacial score (nSPS) is 19.1. The monoisotopic (exact) mass is 1140 g/mol. The maximum absolute atomic E-state index is 13.4. The van der Waals surface area contributed by atoms with Crippen LogP contribution in [0, 0.1) is 0 Å². The average Bonchev–Trinajstić information content (AvgIpc) is 3.47. The minimum Gasteiger partial charge on any atom is -0.454 e. The molecule has 0 saturated carbocycles. The zero-order valence-electron chi connectivity index (χ0n) is 52.1. The first-order chi connectivity index (χ1) is 39.7. The predicted molar refractivity (Wildman–Crippen MR) is 338 cm³/mol. The van der Waals surface area contributed by atoms with Gasteiger partial charge in [-0.15, -0.1) is 0 Å². The fourth-order valence-electron chi connectivity index (χ4n) is 10.2. The summed E-state index contributed by atoms with van der Waals surface area (Å²) in [6, 6.07) is -1.04. The highest BCUT2D eigenvalue weighted by Gasteiger charge is 2.47. The van der Waals surface area contributed by atoms with Gasteiger partial charge in [0.2, 0.25) is 5.91 Å². The molecule has 1 amide bonds. The largest absolute Gasteiger partial charge is 0.454 e. The second-order valence-corrected chi connectivity index (χ2v) is 23.2. The lowest BCUT2D eigenvalue weighted by molar-refractivity contribution is -0.305. The van der Waals surface area contributed by atoms with Crippen LogP contribution >= 0.6 is 0 Å². The lowest BCUT2D eigenvalue weighted by Gasteiger charge is -2.41. The minimum absolute atomic E-state index is 0.118. The van der Waals surface area contributed by atoms with Gasteiger partial charge in [-0.3, -0.25) is 9.59 Å². The van der Waals surface area contributed by atoms with Crippen molar-refractivity contribution >= 4 is 11.9 Å². The first-order valence-corrected chi connectivity index (χ1v) is 33.7. The highest BCUT2D eigenvalue weighted by Crippen LogP contribution is 2.26. The highest BCUT2D eigenvalue weighted by molar-refractivity contribution is 5.80. The molecule has 0 aromatic rings. The van der Waals surface area contributed by atoms with E-state index in [9.17, 15) is 35.1 Å². The van der Waals surface area contributed by atoms with Crippen LogP contribution in [0.4, 0.5) is 0 Å². The molecule has 0 bridgehead atoms. The van der Waals surface area contributed by atoms with Crippen LogP contribution in [0.2, 0.25) is 0 Å². The Balaban J connectivity index is 2.63. The molecule has 8 unspecified atom stereocenters. The molecule has 0 aromatic carbocycles. The standard InChI is InChI=1S/C70H125NO10/c1-4-7-10-13-16-19-22-25-27-29-30-31-32-33-34-35-37-40-43-46-49-52-55-58-65(75)81-68-67(77)66(76)64(59-72)80-70(68)79-60-61(62(73)56-53-50-47-44-41-38-24-21-18-15-12-9-6-3)71-69(78)63(74)57-54-51-48-45-42-39-36-28-26-23-20-17-14-11-8-5-2/h16-17,19-20,25-28,39,42,53,56,61-64,66-68,70,72-74,76-77H,4-15,18,21-24,29-38,40-41,43-52,54-55,57-60H2,1-3H3,(H,71,78)/b19-16-,20-17-,27-25-,28-26-,42-39-,56-53+. The van der Waals surface area contributed by atoms with Gasteiger partial charge in [-0.05, 0) is 96.3 Å². The number of ether oxygens (including phenoxy) is 3. The van der Waals surface area contributed by atoms with Gasteiger partial charge in [0.15, 0.2) is 12.4 Å². The summed E-state index contributed by atoms with van der Waals surface area (Å²) < 4.78 is 17.7. The molecule has 11 nitrogen and oxygen atoms in total. The van der Waals surface area contributed by atoms with Crippen LogP contribution in [0.3, 0.4) is 0 Å². The van der Waals surface area contributed by atoms with E-state index in [-0.39, 0.29) is 19.4 Å². The molecule has 1 saturated heterocycles. The van der Waals surface area contributed by atoms with Gasteiger partial charge < -0.3 is 45.1 Å². The quantitative estimate of drug-likeness (QED) is 0.0195. The Morgan fingerprint density at radius 2 is 0.852 bits per heavy atom. The third-order valence-electron chi connectivity index (χ3n) is 15.6. The fourth-order valence-corrected chi connectivity index (χ4v) is 10.2. The van der Waals surface area contributed by atoms with Crippen molar-refractivity contribution in [3.05, 3.63) is 72.9 Å². The van der Waals surface area contributed by atoms with E-state index in [0.29, 0.717) is 12.8 Å². The Kier molecular flexibility index (Phi) is 54.1. The van der Waals surface area contributed by atoms with Gasteiger partial charge in [0.05, 0.1) is 25.4 Å². The number of unbranched alkanes of at least 4 members (excludes halogenated alkanes) is 33. The number of carbonyl (C=O) groups is 2. The van der Waals surface area contributed by atoms with Crippen LogP contribution in [-0.4, -0.2) is 99.6 Å². The molecule has 0 spiro atoms. The predicted octanol–water partition coefficient (Wildman–Crippen LogP) is 16.7. The van der Waals surface area contributed by atoms with E-state index in [0.717, 1.165) is 83.5 Å². The van der Waals surface area contributed by atoms with Crippen molar-refractivity contribution in [3.8, 4) is 0 Å². The molecule has 1 aliphatic heterocycles. The van der Waals surface area contributed by atoms with Crippen LogP contribution < -0.4 is 5.32 Å². The van der Waals surface area contributed by atoms with Crippen molar-refractivity contribution < 1.29 is 49.3 Å². The number of aliphatic hydroxyl groups is 5. The molecule has 0 radical (unpaired) electrons. The molecule has 0 aliphatic carbocycles. The Hall–Kier alpha value is -2.90. The number of hydrogen-bond donors (Lipinski definition) is 6. The van der Waals surface area contributed by atoms with E-state index in [1.807, 2.05) is 6.08 Å². The van der Waals surface area contributed by atoms with Gasteiger partial charge in [0.25, 0.3) is 0 Å². The third kappa shape index (κ3) is 45.2. The summed E-state index contributed by atoms with van der Waals surface area (Å²) in [5, 5.41) is 57.1. The molecule has 6 N–H and O–H groups in total. The van der Waals surface area contributed by atoms with Crippen LogP contribution in [0.1, 0.15) is 297 Å². The first kappa shape index (κ1) is 76.1. The number of allylic oxidation sites excluding steroid dienone is 11. The number of aliphatic hydroxyl groups excluding tert-OH is 5. The molecule has 1 rings (SSSR count). The average molecular weight is 1140 g/mol. The number of rotatable bonds is 57. The molecule has 81 heavy (non-hydrogen) atoms. The first-order valence-electron chi connectivity index (χ1n) is 33.7. The topological polar surface area (TPSA) is 175 Å². The molecule has 470 valence electrons. The van der Waals surface area contributed by atoms with Gasteiger partial charge in [0.1, 0.15) is 24.4 Å². The van der Waals surface area contributed by atoms with Crippen LogP contribution in [-0.2, 0) is 23.8 Å². The Morgan fingerprint density at radius 1 is 0.481 bits per heavy atom. The van der Waals surface area contributed by atoms with E-state index in [4.69, 9.17) is 14.2 Å². The van der Waals surface area contributed by atoms with Crippen molar-refractivity contribution in [2.45, 2.75) is 346 Å². The molecule has 1 fully saturated rings. The van der Waals surface area contributed by atoms with Crippen molar-refractivity contribution in [1.82, 2.24) is 5.32 Å². The van der Waals surface area contributed by atoms with Gasteiger partial charge in [-0.25, -0.2) is 0 Å². The molecule has 1 heterocycles. The second-order valence-electron chi connectivity index (χ2n) is 23.2. The molecular weight excluding hydrogens is 1010 g/mol. The second kappa shape index (κ2) is 57.5.